The lowest BCUT2D eigenvalue weighted by Crippen LogP contribution is -2.50. The fourth-order valence-electron chi connectivity index (χ4n) is 2.63. The SMILES string of the molecule is CC(C)NC(=O)[C@@H](C)N(Cc1c(Cl)cccc1Cl)C(=O)COc1ccccc1F. The lowest BCUT2D eigenvalue weighted by molar-refractivity contribution is -0.142. The van der Waals surface area contributed by atoms with Gasteiger partial charge in [-0.1, -0.05) is 41.4 Å². The van der Waals surface area contributed by atoms with Crippen LogP contribution in [0.2, 0.25) is 10.0 Å². The van der Waals surface area contributed by atoms with E-state index in [1.165, 1.54) is 23.1 Å². The molecule has 8 heteroatoms. The van der Waals surface area contributed by atoms with Gasteiger partial charge in [0.1, 0.15) is 6.04 Å². The predicted molar refractivity (Wildman–Crippen MR) is 112 cm³/mol. The van der Waals surface area contributed by atoms with E-state index in [9.17, 15) is 14.0 Å². The number of carbonyl (C=O) groups is 2. The van der Waals surface area contributed by atoms with Crippen LogP contribution in [0.25, 0.3) is 0 Å². The normalized spacial score (nSPS) is 11.8. The molecule has 0 heterocycles. The minimum Gasteiger partial charge on any atom is -0.481 e. The first-order valence-corrected chi connectivity index (χ1v) is 9.86. The molecular formula is C21H23Cl2FN2O3. The van der Waals surface area contributed by atoms with Crippen LogP contribution in [0, 0.1) is 5.82 Å². The van der Waals surface area contributed by atoms with Crippen LogP contribution in [0.15, 0.2) is 42.5 Å². The molecule has 156 valence electrons. The van der Waals surface area contributed by atoms with E-state index in [1.807, 2.05) is 13.8 Å². The molecule has 29 heavy (non-hydrogen) atoms. The molecule has 2 rings (SSSR count). The number of hydrogen-bond acceptors (Lipinski definition) is 3. The highest BCUT2D eigenvalue weighted by Crippen LogP contribution is 2.26. The number of amides is 2. The van der Waals surface area contributed by atoms with Crippen LogP contribution in [0.4, 0.5) is 4.39 Å². The van der Waals surface area contributed by atoms with Crippen molar-refractivity contribution in [3.63, 3.8) is 0 Å². The lowest BCUT2D eigenvalue weighted by Gasteiger charge is -2.30. The van der Waals surface area contributed by atoms with Crippen LogP contribution in [-0.2, 0) is 16.1 Å². The largest absolute Gasteiger partial charge is 0.481 e. The average molecular weight is 441 g/mol. The van der Waals surface area contributed by atoms with E-state index in [2.05, 4.69) is 5.32 Å². The summed E-state index contributed by atoms with van der Waals surface area (Å²) in [5.74, 6) is -1.46. The van der Waals surface area contributed by atoms with Crippen molar-refractivity contribution in [3.05, 3.63) is 63.9 Å². The maximum atomic E-state index is 13.8. The van der Waals surface area contributed by atoms with Gasteiger partial charge < -0.3 is 15.0 Å². The Morgan fingerprint density at radius 1 is 1.07 bits per heavy atom. The van der Waals surface area contributed by atoms with E-state index >= 15 is 0 Å². The van der Waals surface area contributed by atoms with Gasteiger partial charge in [0.2, 0.25) is 5.91 Å². The number of hydrogen-bond donors (Lipinski definition) is 1. The molecule has 0 aliphatic heterocycles. The Morgan fingerprint density at radius 3 is 2.28 bits per heavy atom. The summed E-state index contributed by atoms with van der Waals surface area (Å²) in [4.78, 5) is 26.7. The molecule has 0 saturated carbocycles. The van der Waals surface area contributed by atoms with Crippen LogP contribution < -0.4 is 10.1 Å². The van der Waals surface area contributed by atoms with Crippen molar-refractivity contribution in [2.75, 3.05) is 6.61 Å². The van der Waals surface area contributed by atoms with E-state index in [0.29, 0.717) is 15.6 Å². The summed E-state index contributed by atoms with van der Waals surface area (Å²) in [6.07, 6.45) is 0. The van der Waals surface area contributed by atoms with E-state index in [4.69, 9.17) is 27.9 Å². The summed E-state index contributed by atoms with van der Waals surface area (Å²) in [5, 5.41) is 3.53. The van der Waals surface area contributed by atoms with Gasteiger partial charge in [0.25, 0.3) is 5.91 Å². The predicted octanol–water partition coefficient (Wildman–Crippen LogP) is 4.45. The topological polar surface area (TPSA) is 58.6 Å². The zero-order valence-electron chi connectivity index (χ0n) is 16.4. The van der Waals surface area contributed by atoms with Crippen molar-refractivity contribution in [3.8, 4) is 5.75 Å². The third-order valence-electron chi connectivity index (χ3n) is 4.18. The molecule has 0 bridgehead atoms. The molecule has 1 N–H and O–H groups in total. The van der Waals surface area contributed by atoms with Gasteiger partial charge >= 0.3 is 0 Å². The number of carbonyl (C=O) groups excluding carboxylic acids is 2. The van der Waals surface area contributed by atoms with Crippen molar-refractivity contribution in [2.45, 2.75) is 39.4 Å². The molecule has 0 aliphatic carbocycles. The van der Waals surface area contributed by atoms with Gasteiger partial charge in [-0.3, -0.25) is 9.59 Å². The van der Waals surface area contributed by atoms with Crippen LogP contribution in [-0.4, -0.2) is 35.4 Å². The molecule has 2 amide bonds. The summed E-state index contributed by atoms with van der Waals surface area (Å²) in [5.41, 5.74) is 0.513. The number of para-hydroxylation sites is 1. The van der Waals surface area contributed by atoms with Crippen LogP contribution in [0.3, 0.4) is 0 Å². The summed E-state index contributed by atoms with van der Waals surface area (Å²) < 4.78 is 19.1. The summed E-state index contributed by atoms with van der Waals surface area (Å²) in [6.45, 7) is 4.81. The van der Waals surface area contributed by atoms with Crippen molar-refractivity contribution in [1.82, 2.24) is 10.2 Å². The average Bonchev–Trinajstić information content (AvgIpc) is 2.66. The van der Waals surface area contributed by atoms with Gasteiger partial charge in [0.05, 0.1) is 0 Å². The van der Waals surface area contributed by atoms with Gasteiger partial charge in [0.15, 0.2) is 18.2 Å². The van der Waals surface area contributed by atoms with Crippen LogP contribution in [0.1, 0.15) is 26.3 Å². The fraction of sp³-hybridized carbons (Fsp3) is 0.333. The second-order valence-corrected chi connectivity index (χ2v) is 7.59. The standard InChI is InChI=1S/C21H23Cl2FN2O3/c1-13(2)25-21(28)14(3)26(11-15-16(22)7-6-8-17(15)23)20(27)12-29-19-10-5-4-9-18(19)24/h4-10,13-14H,11-12H2,1-3H3,(H,25,28)/t14-/m1/s1. The number of ether oxygens (including phenoxy) is 1. The Kier molecular flexibility index (Phi) is 8.29. The maximum Gasteiger partial charge on any atom is 0.261 e. The minimum atomic E-state index is -0.818. The number of benzene rings is 2. The summed E-state index contributed by atoms with van der Waals surface area (Å²) >= 11 is 12.5. The molecule has 0 saturated heterocycles. The third kappa shape index (κ3) is 6.34. The molecule has 0 aliphatic rings. The summed E-state index contributed by atoms with van der Waals surface area (Å²) in [7, 11) is 0. The quantitative estimate of drug-likeness (QED) is 0.659. The lowest BCUT2D eigenvalue weighted by atomic mass is 10.1. The first-order valence-electron chi connectivity index (χ1n) is 9.10. The molecule has 0 radical (unpaired) electrons. The van der Waals surface area contributed by atoms with Crippen LogP contribution >= 0.6 is 23.2 Å². The number of nitrogens with zero attached hydrogens (tertiary/aromatic N) is 1. The Balaban J connectivity index is 2.24. The molecular weight excluding hydrogens is 418 g/mol. The Bertz CT molecular complexity index is 857. The van der Waals surface area contributed by atoms with Gasteiger partial charge in [0, 0.05) is 28.2 Å². The van der Waals surface area contributed by atoms with E-state index in [0.717, 1.165) is 0 Å². The first-order chi connectivity index (χ1) is 13.7. The molecule has 0 unspecified atom stereocenters. The monoisotopic (exact) mass is 440 g/mol. The fourth-order valence-corrected chi connectivity index (χ4v) is 3.14. The van der Waals surface area contributed by atoms with Gasteiger partial charge in [-0.25, -0.2) is 4.39 Å². The van der Waals surface area contributed by atoms with Crippen molar-refractivity contribution in [1.29, 1.82) is 0 Å². The van der Waals surface area contributed by atoms with E-state index in [1.54, 1.807) is 31.2 Å². The highest BCUT2D eigenvalue weighted by Gasteiger charge is 2.28. The first kappa shape index (κ1) is 23.0. The van der Waals surface area contributed by atoms with E-state index < -0.39 is 24.4 Å². The number of halogens is 3. The van der Waals surface area contributed by atoms with Gasteiger partial charge in [-0.05, 0) is 45.0 Å². The maximum absolute atomic E-state index is 13.8. The molecule has 1 atom stereocenters. The van der Waals surface area contributed by atoms with Crippen molar-refractivity contribution < 1.29 is 18.7 Å². The Hall–Kier alpha value is -2.31. The molecule has 0 spiro atoms. The van der Waals surface area contributed by atoms with Crippen LogP contribution in [0.5, 0.6) is 5.75 Å². The molecule has 2 aromatic rings. The third-order valence-corrected chi connectivity index (χ3v) is 4.88. The number of rotatable bonds is 8. The smallest absolute Gasteiger partial charge is 0.261 e. The second-order valence-electron chi connectivity index (χ2n) is 6.78. The molecule has 0 aromatic heterocycles. The molecule has 2 aromatic carbocycles. The van der Waals surface area contributed by atoms with Crippen molar-refractivity contribution in [2.24, 2.45) is 0 Å². The molecule has 0 fully saturated rings. The summed E-state index contributed by atoms with van der Waals surface area (Å²) in [6, 6.07) is 9.86. The number of nitrogens with one attached hydrogen (secondary N) is 1. The molecule has 5 nitrogen and oxygen atoms in total. The van der Waals surface area contributed by atoms with Crippen molar-refractivity contribution >= 4 is 35.0 Å². The van der Waals surface area contributed by atoms with Gasteiger partial charge in [-0.15, -0.1) is 0 Å². The Labute approximate surface area is 179 Å². The zero-order chi connectivity index (χ0) is 21.6. The highest BCUT2D eigenvalue weighted by molar-refractivity contribution is 6.36. The highest BCUT2D eigenvalue weighted by atomic mass is 35.5. The Morgan fingerprint density at radius 2 is 1.69 bits per heavy atom. The van der Waals surface area contributed by atoms with Gasteiger partial charge in [-0.2, -0.15) is 0 Å². The minimum absolute atomic E-state index is 0.00462. The zero-order valence-corrected chi connectivity index (χ0v) is 17.9. The van der Waals surface area contributed by atoms with E-state index in [-0.39, 0.29) is 24.2 Å². The second kappa shape index (κ2) is 10.5.